The molecule has 3 heterocycles. The predicted molar refractivity (Wildman–Crippen MR) is 140 cm³/mol. The molecule has 0 saturated carbocycles. The Morgan fingerprint density at radius 1 is 1.31 bits per heavy atom. The van der Waals surface area contributed by atoms with Crippen molar-refractivity contribution in [3.05, 3.63) is 52.2 Å². The van der Waals surface area contributed by atoms with Gasteiger partial charge >= 0.3 is 11.9 Å². The van der Waals surface area contributed by atoms with E-state index in [4.69, 9.17) is 15.3 Å². The van der Waals surface area contributed by atoms with Gasteiger partial charge in [0, 0.05) is 22.8 Å². The molecular weight excluding hydrogens is 554 g/mol. The normalized spacial score (nSPS) is 18.9. The molecule has 39 heavy (non-hydrogen) atoms. The summed E-state index contributed by atoms with van der Waals surface area (Å²) in [5, 5.41) is 35.9. The number of hydrogen-bond donors (Lipinski definition) is 5. The molecule has 0 aliphatic carbocycles. The third-order valence-corrected chi connectivity index (χ3v) is 7.51. The van der Waals surface area contributed by atoms with Gasteiger partial charge < -0.3 is 35.9 Å². The standard InChI is InChI=1S/C23H21N5O9S2/c1-36-27-16(12-9-39-23(24)25-12)19(32)26-17-20(33)28-18(22(34)35)11(8-38-21(17)28)7-37-15(31)5-3-10-2-4-13(29)14(30)6-10/h2-6,9,17,21,29-30H,7-8H2,1H3,(H2,24,25)(H,26,32)(H,34,35)/b5-3?,27-16-/t17-,21-/m1/s1. The number of esters is 1. The molecule has 2 aliphatic heterocycles. The summed E-state index contributed by atoms with van der Waals surface area (Å²) < 4.78 is 5.16. The van der Waals surface area contributed by atoms with Crippen LogP contribution in [0.3, 0.4) is 0 Å². The first kappa shape index (κ1) is 27.5. The summed E-state index contributed by atoms with van der Waals surface area (Å²) in [6.45, 7) is -0.387. The van der Waals surface area contributed by atoms with Crippen molar-refractivity contribution < 1.29 is 44.1 Å². The number of amides is 2. The molecule has 1 fully saturated rings. The monoisotopic (exact) mass is 575 g/mol. The highest BCUT2D eigenvalue weighted by Gasteiger charge is 2.54. The number of fused-ring (bicyclic) bond motifs is 1. The zero-order valence-electron chi connectivity index (χ0n) is 20.1. The van der Waals surface area contributed by atoms with E-state index in [1.165, 1.54) is 48.5 Å². The summed E-state index contributed by atoms with van der Waals surface area (Å²) >= 11 is 2.28. The van der Waals surface area contributed by atoms with Crippen LogP contribution < -0.4 is 11.1 Å². The number of anilines is 1. The van der Waals surface area contributed by atoms with E-state index in [0.29, 0.717) is 5.56 Å². The molecule has 16 heteroatoms. The summed E-state index contributed by atoms with van der Waals surface area (Å²) in [5.41, 5.74) is 5.86. The van der Waals surface area contributed by atoms with Crippen LogP contribution in [0.1, 0.15) is 11.3 Å². The summed E-state index contributed by atoms with van der Waals surface area (Å²) in [4.78, 5) is 59.7. The molecule has 0 spiro atoms. The van der Waals surface area contributed by atoms with Gasteiger partial charge in [-0.1, -0.05) is 11.2 Å². The van der Waals surface area contributed by atoms with Gasteiger partial charge in [-0.15, -0.1) is 23.1 Å². The second-order valence-corrected chi connectivity index (χ2v) is 10.00. The summed E-state index contributed by atoms with van der Waals surface area (Å²) in [6, 6.07) is 2.91. The molecule has 1 saturated heterocycles. The van der Waals surface area contributed by atoms with Crippen LogP contribution >= 0.6 is 23.1 Å². The minimum absolute atomic E-state index is 0.118. The largest absolute Gasteiger partial charge is 0.504 e. The molecule has 14 nitrogen and oxygen atoms in total. The molecule has 2 atom stereocenters. The molecule has 2 aromatic rings. The Kier molecular flexibility index (Phi) is 8.06. The van der Waals surface area contributed by atoms with Crippen molar-refractivity contribution in [1.82, 2.24) is 15.2 Å². The van der Waals surface area contributed by atoms with E-state index in [0.717, 1.165) is 22.3 Å². The lowest BCUT2D eigenvalue weighted by Crippen LogP contribution is -2.71. The number of carbonyl (C=O) groups excluding carboxylic acids is 3. The lowest BCUT2D eigenvalue weighted by atomic mass is 10.0. The maximum atomic E-state index is 12.9. The zero-order chi connectivity index (χ0) is 28.3. The van der Waals surface area contributed by atoms with Crippen molar-refractivity contribution in [2.75, 3.05) is 25.2 Å². The Morgan fingerprint density at radius 3 is 2.72 bits per heavy atom. The number of β-lactam (4-membered cyclic amide) rings is 1. The molecule has 2 aliphatic rings. The number of aliphatic carboxylic acids is 1. The number of hydrogen-bond acceptors (Lipinski definition) is 13. The number of carboxylic acids is 1. The van der Waals surface area contributed by atoms with Gasteiger partial charge in [0.15, 0.2) is 22.3 Å². The maximum Gasteiger partial charge on any atom is 0.352 e. The van der Waals surface area contributed by atoms with Crippen LogP contribution in [0.15, 0.2) is 46.1 Å². The third kappa shape index (κ3) is 5.80. The van der Waals surface area contributed by atoms with Gasteiger partial charge in [0.2, 0.25) is 0 Å². The number of thiazole rings is 1. The van der Waals surface area contributed by atoms with Crippen LogP contribution in [-0.2, 0) is 28.8 Å². The first-order chi connectivity index (χ1) is 18.6. The van der Waals surface area contributed by atoms with Crippen LogP contribution in [0.4, 0.5) is 5.13 Å². The second kappa shape index (κ2) is 11.4. The van der Waals surface area contributed by atoms with E-state index < -0.39 is 35.2 Å². The Labute approximate surface area is 228 Å². The number of rotatable bonds is 9. The average molecular weight is 576 g/mol. The molecule has 1 aromatic carbocycles. The molecule has 0 radical (unpaired) electrons. The topological polar surface area (TPSA) is 214 Å². The molecular formula is C23H21N5O9S2. The summed E-state index contributed by atoms with van der Waals surface area (Å²) in [6.07, 6.45) is 2.41. The predicted octanol–water partition coefficient (Wildman–Crippen LogP) is 0.482. The van der Waals surface area contributed by atoms with Crippen molar-refractivity contribution in [2.24, 2.45) is 5.16 Å². The highest BCUT2D eigenvalue weighted by atomic mass is 32.2. The van der Waals surface area contributed by atoms with E-state index >= 15 is 0 Å². The number of benzene rings is 1. The lowest BCUT2D eigenvalue weighted by molar-refractivity contribution is -0.150. The Balaban J connectivity index is 1.42. The molecule has 0 bridgehead atoms. The summed E-state index contributed by atoms with van der Waals surface area (Å²) in [5.74, 6) is -4.16. The van der Waals surface area contributed by atoms with E-state index in [1.807, 2.05) is 0 Å². The van der Waals surface area contributed by atoms with Gasteiger partial charge in [-0.3, -0.25) is 14.5 Å². The third-order valence-electron chi connectivity index (χ3n) is 5.50. The number of carbonyl (C=O) groups is 4. The number of phenols is 2. The quantitative estimate of drug-likeness (QED) is 0.0690. The van der Waals surface area contributed by atoms with E-state index in [1.54, 1.807) is 0 Å². The van der Waals surface area contributed by atoms with Crippen LogP contribution in [0, 0.1) is 0 Å². The number of nitrogens with two attached hydrogens (primary N) is 1. The van der Waals surface area contributed by atoms with Crippen LogP contribution in [-0.4, -0.2) is 85.6 Å². The molecule has 4 rings (SSSR count). The van der Waals surface area contributed by atoms with Gasteiger partial charge in [0.25, 0.3) is 11.8 Å². The lowest BCUT2D eigenvalue weighted by Gasteiger charge is -2.49. The first-order valence-electron chi connectivity index (χ1n) is 11.0. The number of ether oxygens (including phenoxy) is 1. The van der Waals surface area contributed by atoms with Gasteiger partial charge in [-0.2, -0.15) is 0 Å². The van der Waals surface area contributed by atoms with Crippen LogP contribution in [0.2, 0.25) is 0 Å². The van der Waals surface area contributed by atoms with Crippen molar-refractivity contribution >= 4 is 63.8 Å². The highest BCUT2D eigenvalue weighted by molar-refractivity contribution is 8.00. The minimum atomic E-state index is -1.39. The van der Waals surface area contributed by atoms with Gasteiger partial charge in [0.05, 0.1) is 0 Å². The number of oxime groups is 1. The highest BCUT2D eigenvalue weighted by Crippen LogP contribution is 2.40. The Bertz CT molecular complexity index is 1430. The maximum absolute atomic E-state index is 12.9. The number of aromatic hydroxyl groups is 2. The number of thioether (sulfide) groups is 1. The fraction of sp³-hybridized carbons (Fsp3) is 0.217. The van der Waals surface area contributed by atoms with Crippen LogP contribution in [0.5, 0.6) is 11.5 Å². The van der Waals surface area contributed by atoms with Crippen molar-refractivity contribution in [3.8, 4) is 11.5 Å². The van der Waals surface area contributed by atoms with E-state index in [-0.39, 0.29) is 51.7 Å². The van der Waals surface area contributed by atoms with Gasteiger partial charge in [0.1, 0.15) is 36.5 Å². The van der Waals surface area contributed by atoms with Crippen molar-refractivity contribution in [1.29, 1.82) is 0 Å². The zero-order valence-corrected chi connectivity index (χ0v) is 21.7. The molecule has 6 N–H and O–H groups in total. The Morgan fingerprint density at radius 2 is 2.08 bits per heavy atom. The second-order valence-electron chi connectivity index (χ2n) is 8.00. The number of aromatic nitrogens is 1. The smallest absolute Gasteiger partial charge is 0.352 e. The van der Waals surface area contributed by atoms with Crippen molar-refractivity contribution in [2.45, 2.75) is 11.4 Å². The number of nitrogens with zero attached hydrogens (tertiary/aromatic N) is 3. The number of carboxylic acid groups (broad SMARTS) is 1. The van der Waals surface area contributed by atoms with Gasteiger partial charge in [-0.25, -0.2) is 14.6 Å². The van der Waals surface area contributed by atoms with E-state index in [2.05, 4.69) is 15.5 Å². The SMILES string of the molecule is CO/N=C(\C(=O)N[C@@H]1C(=O)N2C(C(=O)O)=C(COC(=O)C=Cc3ccc(O)c(O)c3)CS[C@H]12)c1csc(N)n1. The molecule has 0 unspecified atom stereocenters. The molecule has 204 valence electrons. The van der Waals surface area contributed by atoms with E-state index in [9.17, 15) is 34.5 Å². The fourth-order valence-electron chi connectivity index (χ4n) is 3.71. The number of nitrogen functional groups attached to an aromatic ring is 1. The Hall–Kier alpha value is -4.57. The first-order valence-corrected chi connectivity index (χ1v) is 12.9. The number of phenolic OH excluding ortho intramolecular Hbond substituents is 2. The minimum Gasteiger partial charge on any atom is -0.504 e. The number of nitrogens with one attached hydrogen (secondary N) is 1. The van der Waals surface area contributed by atoms with Crippen LogP contribution in [0.25, 0.3) is 6.08 Å². The average Bonchev–Trinajstić information content (AvgIpc) is 3.34. The molecule has 1 aromatic heterocycles. The summed E-state index contributed by atoms with van der Waals surface area (Å²) in [7, 11) is 1.24. The van der Waals surface area contributed by atoms with Crippen molar-refractivity contribution in [3.63, 3.8) is 0 Å². The molecule has 2 amide bonds. The fourth-order valence-corrected chi connectivity index (χ4v) is 5.59. The van der Waals surface area contributed by atoms with Gasteiger partial charge in [-0.05, 0) is 23.8 Å².